The first-order chi connectivity index (χ1) is 14.6. The predicted molar refractivity (Wildman–Crippen MR) is 116 cm³/mol. The molecule has 3 rings (SSSR count). The van der Waals surface area contributed by atoms with Gasteiger partial charge in [0.1, 0.15) is 5.69 Å². The number of sulfone groups is 1. The lowest BCUT2D eigenvalue weighted by Gasteiger charge is -2.15. The Balaban J connectivity index is 1.96. The minimum Gasteiger partial charge on any atom is -0.476 e. The van der Waals surface area contributed by atoms with E-state index in [1.54, 1.807) is 36.4 Å². The molecule has 0 aliphatic heterocycles. The fourth-order valence-electron chi connectivity index (χ4n) is 3.17. The Morgan fingerprint density at radius 1 is 0.933 bits per heavy atom. The molecule has 7 heteroatoms. The topological polar surface area (TPSA) is 92.9 Å². The van der Waals surface area contributed by atoms with Crippen LogP contribution in [0.3, 0.4) is 0 Å². The lowest BCUT2D eigenvalue weighted by Crippen LogP contribution is -2.16. The molecule has 0 N–H and O–H groups in total. The van der Waals surface area contributed by atoms with Gasteiger partial charge in [0.2, 0.25) is 15.7 Å². The number of ether oxygens (including phenoxy) is 1. The third-order valence-corrected chi connectivity index (χ3v) is 6.68. The largest absolute Gasteiger partial charge is 0.476 e. The van der Waals surface area contributed by atoms with E-state index in [4.69, 9.17) is 4.74 Å². The van der Waals surface area contributed by atoms with Crippen LogP contribution in [0, 0.1) is 11.3 Å². The molecule has 0 radical (unpaired) electrons. The first-order valence-corrected chi connectivity index (χ1v) is 11.7. The van der Waals surface area contributed by atoms with E-state index in [0.29, 0.717) is 17.6 Å². The fourth-order valence-corrected chi connectivity index (χ4v) is 4.57. The second-order valence-electron chi connectivity index (χ2n) is 7.03. The number of para-hydroxylation sites is 2. The molecule has 30 heavy (non-hydrogen) atoms. The molecule has 6 nitrogen and oxygen atoms in total. The van der Waals surface area contributed by atoms with Crippen molar-refractivity contribution >= 4 is 20.9 Å². The van der Waals surface area contributed by atoms with Gasteiger partial charge in [0.15, 0.2) is 5.25 Å². The van der Waals surface area contributed by atoms with Gasteiger partial charge in [-0.3, -0.25) is 0 Å². The van der Waals surface area contributed by atoms with Crippen LogP contribution in [0.5, 0.6) is 5.88 Å². The first-order valence-electron chi connectivity index (χ1n) is 10.2. The summed E-state index contributed by atoms with van der Waals surface area (Å²) in [6, 6.07) is 17.0. The first kappa shape index (κ1) is 21.7. The van der Waals surface area contributed by atoms with Gasteiger partial charge in [0.25, 0.3) is 0 Å². The van der Waals surface area contributed by atoms with Crippen LogP contribution >= 0.6 is 0 Å². The summed E-state index contributed by atoms with van der Waals surface area (Å²) in [5.74, 6) is 0.107. The summed E-state index contributed by atoms with van der Waals surface area (Å²) in [6.45, 7) is 2.55. The van der Waals surface area contributed by atoms with E-state index in [1.807, 2.05) is 12.1 Å². The Morgan fingerprint density at radius 2 is 1.57 bits per heavy atom. The van der Waals surface area contributed by atoms with Gasteiger partial charge in [-0.2, -0.15) is 5.26 Å². The van der Waals surface area contributed by atoms with Crippen LogP contribution in [0.25, 0.3) is 11.0 Å². The third kappa shape index (κ3) is 4.95. The molecule has 1 heterocycles. The van der Waals surface area contributed by atoms with E-state index in [9.17, 15) is 13.7 Å². The second kappa shape index (κ2) is 10.2. The van der Waals surface area contributed by atoms with Crippen LogP contribution in [-0.2, 0) is 9.84 Å². The molecule has 0 saturated carbocycles. The van der Waals surface area contributed by atoms with E-state index in [1.165, 1.54) is 18.6 Å². The number of unbranched alkanes of at least 4 members (excludes halogenated alkanes) is 4. The third-order valence-electron chi connectivity index (χ3n) is 4.80. The molecule has 2 aromatic carbocycles. The van der Waals surface area contributed by atoms with Crippen molar-refractivity contribution in [2.45, 2.75) is 49.2 Å². The molecule has 156 valence electrons. The summed E-state index contributed by atoms with van der Waals surface area (Å²) in [5, 5.41) is 8.28. The molecule has 0 bridgehead atoms. The summed E-state index contributed by atoms with van der Waals surface area (Å²) in [6.07, 6.45) is 5.30. The van der Waals surface area contributed by atoms with Crippen molar-refractivity contribution in [1.29, 1.82) is 5.26 Å². The molecular weight excluding hydrogens is 398 g/mol. The Hall–Kier alpha value is -2.98. The number of benzene rings is 2. The minimum atomic E-state index is -3.98. The van der Waals surface area contributed by atoms with Crippen molar-refractivity contribution in [3.8, 4) is 11.9 Å². The number of rotatable bonds is 10. The standard InChI is InChI=1S/C23H25N3O3S/c1-2-3-4-5-11-16-29-23-22(25-19-14-9-10-15-20(19)26-23)21(17-24)30(27,28)18-12-7-6-8-13-18/h6-10,12-15,21H,2-5,11,16H2,1H3/t21-/m1/s1. The molecular formula is C23H25N3O3S. The van der Waals surface area contributed by atoms with Gasteiger partial charge in [0.05, 0.1) is 28.6 Å². The van der Waals surface area contributed by atoms with Gasteiger partial charge in [0, 0.05) is 0 Å². The number of fused-ring (bicyclic) bond motifs is 1. The average Bonchev–Trinajstić information content (AvgIpc) is 2.77. The Kier molecular flexibility index (Phi) is 7.36. The number of nitrogens with zero attached hydrogens (tertiary/aromatic N) is 3. The maximum absolute atomic E-state index is 13.2. The van der Waals surface area contributed by atoms with E-state index < -0.39 is 15.1 Å². The van der Waals surface area contributed by atoms with E-state index in [-0.39, 0.29) is 16.5 Å². The van der Waals surface area contributed by atoms with Gasteiger partial charge in [-0.1, -0.05) is 62.9 Å². The van der Waals surface area contributed by atoms with Crippen LogP contribution < -0.4 is 4.74 Å². The summed E-state index contributed by atoms with van der Waals surface area (Å²) in [4.78, 5) is 9.03. The van der Waals surface area contributed by atoms with Crippen LogP contribution in [0.4, 0.5) is 0 Å². The SMILES string of the molecule is CCCCCCCOc1nc2ccccc2nc1[C@@H](C#N)S(=O)(=O)c1ccccc1. The summed E-state index contributed by atoms with van der Waals surface area (Å²) in [7, 11) is -3.98. The van der Waals surface area contributed by atoms with Crippen molar-refractivity contribution in [3.05, 3.63) is 60.3 Å². The molecule has 0 amide bonds. The van der Waals surface area contributed by atoms with E-state index in [2.05, 4.69) is 16.9 Å². The van der Waals surface area contributed by atoms with Gasteiger partial charge in [-0.25, -0.2) is 18.4 Å². The Bertz CT molecular complexity index is 1130. The summed E-state index contributed by atoms with van der Waals surface area (Å²) < 4.78 is 32.2. The van der Waals surface area contributed by atoms with Crippen LogP contribution in [0.15, 0.2) is 59.5 Å². The van der Waals surface area contributed by atoms with Gasteiger partial charge >= 0.3 is 0 Å². The van der Waals surface area contributed by atoms with Crippen LogP contribution in [-0.4, -0.2) is 25.0 Å². The van der Waals surface area contributed by atoms with Crippen LogP contribution in [0.1, 0.15) is 50.0 Å². The van der Waals surface area contributed by atoms with Gasteiger partial charge in [-0.05, 0) is 30.7 Å². The lowest BCUT2D eigenvalue weighted by molar-refractivity contribution is 0.290. The van der Waals surface area contributed by atoms with E-state index >= 15 is 0 Å². The number of nitriles is 1. The highest BCUT2D eigenvalue weighted by Crippen LogP contribution is 2.33. The van der Waals surface area contributed by atoms with Crippen molar-refractivity contribution in [3.63, 3.8) is 0 Å². The van der Waals surface area contributed by atoms with Crippen LogP contribution in [0.2, 0.25) is 0 Å². The molecule has 3 aromatic rings. The predicted octanol–water partition coefficient (Wildman–Crippen LogP) is 5.02. The molecule has 0 aliphatic rings. The highest BCUT2D eigenvalue weighted by molar-refractivity contribution is 7.92. The number of aromatic nitrogens is 2. The monoisotopic (exact) mass is 423 g/mol. The highest BCUT2D eigenvalue weighted by atomic mass is 32.2. The summed E-state index contributed by atoms with van der Waals surface area (Å²) in [5.41, 5.74) is 1.15. The molecule has 0 unspecified atom stereocenters. The van der Waals surface area contributed by atoms with Gasteiger partial charge < -0.3 is 4.74 Å². The smallest absolute Gasteiger partial charge is 0.238 e. The number of hydrogen-bond donors (Lipinski definition) is 0. The Morgan fingerprint density at radius 3 is 2.23 bits per heavy atom. The van der Waals surface area contributed by atoms with Crippen molar-refractivity contribution in [2.24, 2.45) is 0 Å². The maximum Gasteiger partial charge on any atom is 0.238 e. The van der Waals surface area contributed by atoms with Gasteiger partial charge in [-0.15, -0.1) is 0 Å². The highest BCUT2D eigenvalue weighted by Gasteiger charge is 2.34. The molecule has 1 atom stereocenters. The second-order valence-corrected chi connectivity index (χ2v) is 9.07. The molecule has 1 aromatic heterocycles. The quantitative estimate of drug-likeness (QED) is 0.425. The zero-order valence-electron chi connectivity index (χ0n) is 17.0. The molecule has 0 spiro atoms. The number of hydrogen-bond acceptors (Lipinski definition) is 6. The minimum absolute atomic E-state index is 0.0358. The average molecular weight is 424 g/mol. The zero-order chi connectivity index (χ0) is 21.4. The van der Waals surface area contributed by atoms with E-state index in [0.717, 1.165) is 25.7 Å². The molecule has 0 fully saturated rings. The van der Waals surface area contributed by atoms with Crippen molar-refractivity contribution in [2.75, 3.05) is 6.61 Å². The van der Waals surface area contributed by atoms with Crippen molar-refractivity contribution in [1.82, 2.24) is 9.97 Å². The Labute approximate surface area is 177 Å². The zero-order valence-corrected chi connectivity index (χ0v) is 17.8. The normalized spacial score (nSPS) is 12.4. The van der Waals surface area contributed by atoms with Crippen molar-refractivity contribution < 1.29 is 13.2 Å². The summed E-state index contributed by atoms with van der Waals surface area (Å²) >= 11 is 0. The maximum atomic E-state index is 13.2. The molecule has 0 saturated heterocycles. The lowest BCUT2D eigenvalue weighted by atomic mass is 10.2. The molecule has 0 aliphatic carbocycles. The fraction of sp³-hybridized carbons (Fsp3) is 0.348.